The zero-order valence-electron chi connectivity index (χ0n) is 11.2. The smallest absolute Gasteiger partial charge is 0.291 e. The molecule has 6 nitrogen and oxygen atoms in total. The van der Waals surface area contributed by atoms with E-state index in [0.717, 1.165) is 18.5 Å². The molecule has 1 heterocycles. The quantitative estimate of drug-likeness (QED) is 0.649. The molecule has 1 aromatic heterocycles. The molecule has 0 aromatic carbocycles. The second-order valence-electron chi connectivity index (χ2n) is 4.16. The van der Waals surface area contributed by atoms with Crippen LogP contribution < -0.4 is 11.2 Å². The van der Waals surface area contributed by atoms with E-state index in [1.807, 2.05) is 6.92 Å². The molecule has 0 saturated heterocycles. The third kappa shape index (κ3) is 3.81. The molecule has 0 atom stereocenters. The Labute approximate surface area is 122 Å². The van der Waals surface area contributed by atoms with Gasteiger partial charge in [0.05, 0.1) is 10.7 Å². The molecule has 0 aliphatic rings. The van der Waals surface area contributed by atoms with Gasteiger partial charge in [-0.1, -0.05) is 24.9 Å². The predicted octanol–water partition coefficient (Wildman–Crippen LogP) is 1.37. The SMILES string of the molecule is CCCCN(NC(=O)c1nn(C)c(C)c1Cl)C(N)=S. The van der Waals surface area contributed by atoms with Crippen molar-refractivity contribution in [3.63, 3.8) is 0 Å². The van der Waals surface area contributed by atoms with Gasteiger partial charge < -0.3 is 5.73 Å². The molecular weight excluding hydrogens is 286 g/mol. The molecule has 1 aromatic rings. The van der Waals surface area contributed by atoms with E-state index in [9.17, 15) is 4.79 Å². The Morgan fingerprint density at radius 3 is 2.68 bits per heavy atom. The van der Waals surface area contributed by atoms with Crippen LogP contribution in [0.1, 0.15) is 35.9 Å². The van der Waals surface area contributed by atoms with Crippen molar-refractivity contribution in [3.05, 3.63) is 16.4 Å². The minimum Gasteiger partial charge on any atom is -0.375 e. The van der Waals surface area contributed by atoms with Crippen LogP contribution in [0, 0.1) is 6.92 Å². The third-order valence-corrected chi connectivity index (χ3v) is 3.39. The monoisotopic (exact) mass is 303 g/mol. The number of aryl methyl sites for hydroxylation is 1. The number of unbranched alkanes of at least 4 members (excludes halogenated alkanes) is 1. The second-order valence-corrected chi connectivity index (χ2v) is 4.95. The lowest BCUT2D eigenvalue weighted by Crippen LogP contribution is -2.49. The summed E-state index contributed by atoms with van der Waals surface area (Å²) in [5.74, 6) is -0.419. The number of carbonyl (C=O) groups excluding carboxylic acids is 1. The molecule has 106 valence electrons. The summed E-state index contributed by atoms with van der Waals surface area (Å²) in [6, 6.07) is 0. The number of hydrogen-bond acceptors (Lipinski definition) is 3. The molecule has 1 amide bonds. The van der Waals surface area contributed by atoms with Crippen molar-refractivity contribution in [1.29, 1.82) is 0 Å². The van der Waals surface area contributed by atoms with E-state index in [4.69, 9.17) is 29.6 Å². The van der Waals surface area contributed by atoms with Crippen molar-refractivity contribution in [2.75, 3.05) is 6.54 Å². The van der Waals surface area contributed by atoms with Crippen LogP contribution in [0.5, 0.6) is 0 Å². The zero-order chi connectivity index (χ0) is 14.6. The Hall–Kier alpha value is -1.34. The average Bonchev–Trinajstić information content (AvgIpc) is 2.61. The summed E-state index contributed by atoms with van der Waals surface area (Å²) in [6.45, 7) is 4.38. The number of nitrogens with zero attached hydrogens (tertiary/aromatic N) is 3. The van der Waals surface area contributed by atoms with Gasteiger partial charge in [0.15, 0.2) is 10.8 Å². The standard InChI is InChI=1S/C11H18ClN5OS/c1-4-5-6-17(11(13)19)15-10(18)9-8(12)7(2)16(3)14-9/h4-6H2,1-3H3,(H2,13,19)(H,15,18). The third-order valence-electron chi connectivity index (χ3n) is 2.71. The van der Waals surface area contributed by atoms with Gasteiger partial charge in [0.1, 0.15) is 0 Å². The summed E-state index contributed by atoms with van der Waals surface area (Å²) in [5.41, 5.74) is 9.07. The molecule has 8 heteroatoms. The highest BCUT2D eigenvalue weighted by Crippen LogP contribution is 2.18. The number of thiocarbonyl (C=S) groups is 1. The number of carbonyl (C=O) groups is 1. The number of halogens is 1. The molecular formula is C11H18ClN5OS. The molecule has 1 rings (SSSR count). The van der Waals surface area contributed by atoms with Crippen LogP contribution in [0.3, 0.4) is 0 Å². The van der Waals surface area contributed by atoms with Gasteiger partial charge in [-0.05, 0) is 25.6 Å². The van der Waals surface area contributed by atoms with Gasteiger partial charge in [-0.2, -0.15) is 5.10 Å². The van der Waals surface area contributed by atoms with Crippen LogP contribution >= 0.6 is 23.8 Å². The van der Waals surface area contributed by atoms with Gasteiger partial charge in [-0.3, -0.25) is 19.9 Å². The molecule has 19 heavy (non-hydrogen) atoms. The Kier molecular flexibility index (Phi) is 5.56. The molecule has 0 aliphatic heterocycles. The lowest BCUT2D eigenvalue weighted by molar-refractivity contribution is 0.0864. The number of rotatable bonds is 4. The van der Waals surface area contributed by atoms with E-state index in [1.54, 1.807) is 18.7 Å². The van der Waals surface area contributed by atoms with E-state index in [0.29, 0.717) is 11.6 Å². The minimum atomic E-state index is -0.419. The van der Waals surface area contributed by atoms with Crippen LogP contribution in [0.15, 0.2) is 0 Å². The molecule has 0 unspecified atom stereocenters. The fraction of sp³-hybridized carbons (Fsp3) is 0.545. The molecule has 0 fully saturated rings. The molecule has 0 aliphatic carbocycles. The Morgan fingerprint density at radius 2 is 2.26 bits per heavy atom. The van der Waals surface area contributed by atoms with Crippen molar-refractivity contribution < 1.29 is 4.79 Å². The first kappa shape index (κ1) is 15.7. The fourth-order valence-electron chi connectivity index (χ4n) is 1.44. The number of nitrogens with two attached hydrogens (primary N) is 1. The summed E-state index contributed by atoms with van der Waals surface area (Å²) >= 11 is 10.9. The van der Waals surface area contributed by atoms with Crippen molar-refractivity contribution in [2.45, 2.75) is 26.7 Å². The fourth-order valence-corrected chi connectivity index (χ4v) is 1.82. The van der Waals surface area contributed by atoms with Crippen molar-refractivity contribution in [1.82, 2.24) is 20.2 Å². The van der Waals surface area contributed by atoms with Crippen molar-refractivity contribution in [3.8, 4) is 0 Å². The Bertz CT molecular complexity index is 488. The highest BCUT2D eigenvalue weighted by atomic mass is 35.5. The Balaban J connectivity index is 2.81. The first-order valence-electron chi connectivity index (χ1n) is 5.95. The highest BCUT2D eigenvalue weighted by Gasteiger charge is 2.20. The summed E-state index contributed by atoms with van der Waals surface area (Å²) in [7, 11) is 1.72. The molecule has 3 N–H and O–H groups in total. The van der Waals surface area contributed by atoms with Crippen LogP contribution in [0.2, 0.25) is 5.02 Å². The van der Waals surface area contributed by atoms with E-state index >= 15 is 0 Å². The summed E-state index contributed by atoms with van der Waals surface area (Å²) in [4.78, 5) is 12.1. The molecule has 0 bridgehead atoms. The normalized spacial score (nSPS) is 10.3. The van der Waals surface area contributed by atoms with Crippen LogP contribution in [-0.2, 0) is 7.05 Å². The number of hydrogen-bond donors (Lipinski definition) is 2. The Morgan fingerprint density at radius 1 is 1.63 bits per heavy atom. The average molecular weight is 304 g/mol. The van der Waals surface area contributed by atoms with Crippen molar-refractivity contribution in [2.24, 2.45) is 12.8 Å². The van der Waals surface area contributed by atoms with Crippen molar-refractivity contribution >= 4 is 34.8 Å². The maximum Gasteiger partial charge on any atom is 0.291 e. The predicted molar refractivity (Wildman–Crippen MR) is 78.8 cm³/mol. The molecule has 0 radical (unpaired) electrons. The van der Waals surface area contributed by atoms with Crippen LogP contribution in [0.25, 0.3) is 0 Å². The van der Waals surface area contributed by atoms with E-state index in [2.05, 4.69) is 10.5 Å². The van der Waals surface area contributed by atoms with Gasteiger partial charge >= 0.3 is 0 Å². The zero-order valence-corrected chi connectivity index (χ0v) is 12.8. The van der Waals surface area contributed by atoms with Gasteiger partial charge in [-0.15, -0.1) is 0 Å². The van der Waals surface area contributed by atoms with E-state index in [1.165, 1.54) is 5.01 Å². The number of nitrogens with one attached hydrogen (secondary N) is 1. The highest BCUT2D eigenvalue weighted by molar-refractivity contribution is 7.80. The summed E-state index contributed by atoms with van der Waals surface area (Å²) in [6.07, 6.45) is 1.84. The first-order chi connectivity index (χ1) is 8.88. The topological polar surface area (TPSA) is 76.2 Å². The summed E-state index contributed by atoms with van der Waals surface area (Å²) in [5, 5.41) is 5.94. The number of aromatic nitrogens is 2. The maximum absolute atomic E-state index is 12.1. The first-order valence-corrected chi connectivity index (χ1v) is 6.74. The molecule has 0 saturated carbocycles. The van der Waals surface area contributed by atoms with E-state index in [-0.39, 0.29) is 10.8 Å². The van der Waals surface area contributed by atoms with Gasteiger partial charge in [0.2, 0.25) is 0 Å². The second kappa shape index (κ2) is 6.72. The number of amides is 1. The number of hydrazine groups is 1. The summed E-state index contributed by atoms with van der Waals surface area (Å²) < 4.78 is 1.55. The maximum atomic E-state index is 12.1. The van der Waals surface area contributed by atoms with Crippen LogP contribution in [0.4, 0.5) is 0 Å². The molecule has 0 spiro atoms. The van der Waals surface area contributed by atoms with Gasteiger partial charge in [0.25, 0.3) is 5.91 Å². The lowest BCUT2D eigenvalue weighted by Gasteiger charge is -2.22. The van der Waals surface area contributed by atoms with Gasteiger partial charge in [-0.25, -0.2) is 0 Å². The van der Waals surface area contributed by atoms with Crippen LogP contribution in [-0.4, -0.2) is 32.4 Å². The van der Waals surface area contributed by atoms with E-state index < -0.39 is 5.91 Å². The largest absolute Gasteiger partial charge is 0.375 e. The minimum absolute atomic E-state index is 0.116. The lowest BCUT2D eigenvalue weighted by atomic mass is 10.3. The van der Waals surface area contributed by atoms with Gasteiger partial charge in [0, 0.05) is 13.6 Å².